The number of thioether (sulfide) groups is 1. The highest BCUT2D eigenvalue weighted by Gasteiger charge is 2.32. The van der Waals surface area contributed by atoms with Gasteiger partial charge in [-0.3, -0.25) is 14.4 Å². The molecule has 1 aromatic rings. The molecule has 1 aliphatic rings. The van der Waals surface area contributed by atoms with Crippen LogP contribution in [0.2, 0.25) is 5.02 Å². The van der Waals surface area contributed by atoms with Gasteiger partial charge in [-0.05, 0) is 24.6 Å². The van der Waals surface area contributed by atoms with Crippen molar-refractivity contribution in [1.29, 1.82) is 0 Å². The first kappa shape index (κ1) is 17.3. The summed E-state index contributed by atoms with van der Waals surface area (Å²) in [6.45, 7) is 3.17. The maximum atomic E-state index is 12.0. The van der Waals surface area contributed by atoms with Gasteiger partial charge in [-0.2, -0.15) is 0 Å². The summed E-state index contributed by atoms with van der Waals surface area (Å²) in [7, 11) is 0. The van der Waals surface area contributed by atoms with E-state index in [9.17, 15) is 14.4 Å². The molecule has 122 valence electrons. The monoisotopic (exact) mass is 354 g/mol. The van der Waals surface area contributed by atoms with Crippen LogP contribution < -0.4 is 16.1 Å². The van der Waals surface area contributed by atoms with E-state index in [1.54, 1.807) is 18.2 Å². The lowest BCUT2D eigenvalue weighted by molar-refractivity contribution is -0.122. The Morgan fingerprint density at radius 3 is 2.83 bits per heavy atom. The lowest BCUT2D eigenvalue weighted by Gasteiger charge is -2.08. The van der Waals surface area contributed by atoms with Gasteiger partial charge in [-0.15, -0.1) is 5.10 Å². The van der Waals surface area contributed by atoms with Crippen molar-refractivity contribution in [3.8, 4) is 0 Å². The summed E-state index contributed by atoms with van der Waals surface area (Å²) in [5.74, 6) is -0.973. The summed E-state index contributed by atoms with van der Waals surface area (Å²) in [6, 6.07) is 5.19. The molecule has 1 saturated heterocycles. The fourth-order valence-corrected chi connectivity index (χ4v) is 2.88. The quantitative estimate of drug-likeness (QED) is 0.715. The number of hydrogen-bond donors (Lipinski definition) is 3. The maximum absolute atomic E-state index is 12.0. The highest BCUT2D eigenvalue weighted by atomic mass is 35.5. The average molecular weight is 355 g/mol. The molecular weight excluding hydrogens is 340 g/mol. The number of hydrazone groups is 1. The van der Waals surface area contributed by atoms with Gasteiger partial charge >= 0.3 is 0 Å². The highest BCUT2D eigenvalue weighted by Crippen LogP contribution is 2.24. The lowest BCUT2D eigenvalue weighted by Crippen LogP contribution is -2.28. The topological polar surface area (TPSA) is 99.7 Å². The third-order valence-electron chi connectivity index (χ3n) is 2.92. The van der Waals surface area contributed by atoms with Crippen molar-refractivity contribution in [3.63, 3.8) is 0 Å². The molecule has 0 spiro atoms. The van der Waals surface area contributed by atoms with E-state index in [0.29, 0.717) is 10.7 Å². The number of carbonyl (C=O) groups is 3. The second-order valence-electron chi connectivity index (χ2n) is 4.90. The van der Waals surface area contributed by atoms with Crippen molar-refractivity contribution in [1.82, 2.24) is 10.7 Å². The van der Waals surface area contributed by atoms with Crippen molar-refractivity contribution in [2.75, 3.05) is 5.32 Å². The van der Waals surface area contributed by atoms with Crippen LogP contribution in [0.1, 0.15) is 18.9 Å². The van der Waals surface area contributed by atoms with Crippen molar-refractivity contribution in [2.24, 2.45) is 5.10 Å². The Kier molecular flexibility index (Phi) is 5.62. The minimum Gasteiger partial charge on any atom is -0.326 e. The van der Waals surface area contributed by atoms with Gasteiger partial charge in [0.05, 0.1) is 0 Å². The van der Waals surface area contributed by atoms with Gasteiger partial charge in [0.1, 0.15) is 5.25 Å². The number of benzene rings is 1. The van der Waals surface area contributed by atoms with Gasteiger partial charge < -0.3 is 10.6 Å². The number of rotatable bonds is 4. The predicted octanol–water partition coefficient (Wildman–Crippen LogP) is 1.62. The average Bonchev–Trinajstić information content (AvgIpc) is 2.81. The molecule has 0 radical (unpaired) electrons. The number of nitrogens with zero attached hydrogens (tertiary/aromatic N) is 1. The minimum absolute atomic E-state index is 0.0128. The van der Waals surface area contributed by atoms with Crippen LogP contribution >= 0.6 is 23.4 Å². The Morgan fingerprint density at radius 1 is 1.43 bits per heavy atom. The highest BCUT2D eigenvalue weighted by molar-refractivity contribution is 8.15. The molecule has 0 saturated carbocycles. The number of anilines is 1. The van der Waals surface area contributed by atoms with Crippen LogP contribution in [-0.2, 0) is 14.4 Å². The second-order valence-corrected chi connectivity index (χ2v) is 6.50. The zero-order valence-corrected chi connectivity index (χ0v) is 14.0. The standard InChI is InChI=1S/C14H15ClN4O3S/c1-7-3-4-9(5-10(7)15)16-12(21)6-11-13(22)17-14(23-11)19-18-8(2)20/h3-5,11H,6H2,1-2H3,(H,16,21)(H,18,20)(H,17,19,22)/t11-/m0/s1. The SMILES string of the molecule is CC(=O)N/N=C1\NC(=O)[C@H](CC(=O)Nc2ccc(C)c(Cl)c2)S1. The summed E-state index contributed by atoms with van der Waals surface area (Å²) in [5.41, 5.74) is 3.71. The Morgan fingerprint density at radius 2 is 2.17 bits per heavy atom. The third-order valence-corrected chi connectivity index (χ3v) is 4.41. The molecule has 1 heterocycles. The van der Waals surface area contributed by atoms with E-state index in [2.05, 4.69) is 21.2 Å². The molecule has 1 atom stereocenters. The van der Waals surface area contributed by atoms with E-state index < -0.39 is 5.25 Å². The van der Waals surface area contributed by atoms with E-state index in [0.717, 1.165) is 17.3 Å². The fourth-order valence-electron chi connectivity index (χ4n) is 1.77. The van der Waals surface area contributed by atoms with Gasteiger partial charge in [0.25, 0.3) is 0 Å². The van der Waals surface area contributed by atoms with E-state index in [4.69, 9.17) is 11.6 Å². The molecule has 3 N–H and O–H groups in total. The van der Waals surface area contributed by atoms with Crippen LogP contribution in [0.5, 0.6) is 0 Å². The number of aryl methyl sites for hydroxylation is 1. The molecule has 0 bridgehead atoms. The van der Waals surface area contributed by atoms with E-state index >= 15 is 0 Å². The Bertz CT molecular complexity index is 693. The molecule has 1 aromatic carbocycles. The van der Waals surface area contributed by atoms with E-state index in [1.165, 1.54) is 6.92 Å². The molecule has 23 heavy (non-hydrogen) atoms. The third kappa shape index (κ3) is 4.97. The Hall–Kier alpha value is -2.06. The van der Waals surface area contributed by atoms with Gasteiger partial charge in [-0.1, -0.05) is 29.4 Å². The van der Waals surface area contributed by atoms with Gasteiger partial charge in [0, 0.05) is 24.1 Å². The van der Waals surface area contributed by atoms with Crippen LogP contribution in [0.15, 0.2) is 23.3 Å². The molecule has 0 aliphatic carbocycles. The number of amides is 3. The molecule has 1 aliphatic heterocycles. The van der Waals surface area contributed by atoms with E-state index in [1.807, 2.05) is 6.92 Å². The van der Waals surface area contributed by atoms with Gasteiger partial charge in [0.15, 0.2) is 5.17 Å². The summed E-state index contributed by atoms with van der Waals surface area (Å²) in [4.78, 5) is 34.6. The molecule has 1 fully saturated rings. The summed E-state index contributed by atoms with van der Waals surface area (Å²) in [6.07, 6.45) is -0.0128. The van der Waals surface area contributed by atoms with Crippen LogP contribution in [0.4, 0.5) is 5.69 Å². The summed E-state index contributed by atoms with van der Waals surface area (Å²) in [5, 5.41) is 9.16. The summed E-state index contributed by atoms with van der Waals surface area (Å²) >= 11 is 7.09. The molecule has 7 nitrogen and oxygen atoms in total. The summed E-state index contributed by atoms with van der Waals surface area (Å²) < 4.78 is 0. The molecule has 0 unspecified atom stereocenters. The lowest BCUT2D eigenvalue weighted by atomic mass is 10.2. The molecule has 0 aromatic heterocycles. The largest absolute Gasteiger partial charge is 0.326 e. The van der Waals surface area contributed by atoms with Crippen molar-refractivity contribution >= 4 is 51.9 Å². The first-order valence-electron chi connectivity index (χ1n) is 6.73. The maximum Gasteiger partial charge on any atom is 0.240 e. The number of carbonyl (C=O) groups excluding carboxylic acids is 3. The van der Waals surface area contributed by atoms with Crippen LogP contribution in [-0.4, -0.2) is 28.1 Å². The Labute approximate surface area is 142 Å². The molecule has 2 rings (SSSR count). The smallest absolute Gasteiger partial charge is 0.240 e. The first-order chi connectivity index (χ1) is 10.8. The minimum atomic E-state index is -0.594. The van der Waals surface area contributed by atoms with Crippen molar-refractivity contribution in [2.45, 2.75) is 25.5 Å². The first-order valence-corrected chi connectivity index (χ1v) is 7.98. The van der Waals surface area contributed by atoms with Crippen LogP contribution in [0.25, 0.3) is 0 Å². The molecular formula is C14H15ClN4O3S. The normalized spacial score (nSPS) is 18.7. The van der Waals surface area contributed by atoms with E-state index in [-0.39, 0.29) is 29.3 Å². The zero-order chi connectivity index (χ0) is 17.0. The second kappa shape index (κ2) is 7.47. The van der Waals surface area contributed by atoms with Crippen molar-refractivity contribution in [3.05, 3.63) is 28.8 Å². The van der Waals surface area contributed by atoms with Gasteiger partial charge in [0.2, 0.25) is 17.7 Å². The number of amidine groups is 1. The molecule has 9 heteroatoms. The predicted molar refractivity (Wildman–Crippen MR) is 90.2 cm³/mol. The van der Waals surface area contributed by atoms with Gasteiger partial charge in [-0.25, -0.2) is 5.43 Å². The molecule has 3 amide bonds. The van der Waals surface area contributed by atoms with Crippen molar-refractivity contribution < 1.29 is 14.4 Å². The number of halogens is 1. The zero-order valence-electron chi connectivity index (χ0n) is 12.5. The van der Waals surface area contributed by atoms with Crippen LogP contribution in [0.3, 0.4) is 0 Å². The fraction of sp³-hybridized carbons (Fsp3) is 0.286. The van der Waals surface area contributed by atoms with Crippen LogP contribution in [0, 0.1) is 6.92 Å². The Balaban J connectivity index is 1.92. The number of hydrogen-bond acceptors (Lipinski definition) is 5. The number of nitrogens with one attached hydrogen (secondary N) is 3.